The minimum absolute atomic E-state index is 0.0736. The number of hydrogen-bond donors (Lipinski definition) is 2. The molecule has 2 atom stereocenters. The molecule has 0 fully saturated rings. The molecule has 0 saturated heterocycles. The predicted octanol–water partition coefficient (Wildman–Crippen LogP) is 11.9. The van der Waals surface area contributed by atoms with Crippen molar-refractivity contribution in [2.45, 2.75) is 204 Å². The fraction of sp³-hybridized carbons (Fsp3) is 0.944. The molecule has 7 heteroatoms. The van der Waals surface area contributed by atoms with Gasteiger partial charge in [-0.1, -0.05) is 53.4 Å². The molecule has 2 radical (unpaired) electrons. The molecule has 0 aliphatic heterocycles. The zero-order valence-corrected chi connectivity index (χ0v) is 34.2. The Kier molecular flexibility index (Phi) is 47.2. The molecule has 43 heavy (non-hydrogen) atoms. The van der Waals surface area contributed by atoms with E-state index in [1.54, 1.807) is 21.7 Å². The third-order valence-corrected chi connectivity index (χ3v) is 12.0. The van der Waals surface area contributed by atoms with Crippen molar-refractivity contribution in [2.75, 3.05) is 11.5 Å². The number of carbonyl (C=O) groups is 2. The second kappa shape index (κ2) is 42.4. The van der Waals surface area contributed by atoms with Gasteiger partial charge < -0.3 is 9.47 Å². The molecular formula is C36H74O4S2Sn. The van der Waals surface area contributed by atoms with Gasteiger partial charge in [0.25, 0.3) is 0 Å². The van der Waals surface area contributed by atoms with Crippen molar-refractivity contribution < 1.29 is 19.1 Å². The molecule has 258 valence electrons. The van der Waals surface area contributed by atoms with Crippen molar-refractivity contribution in [1.82, 2.24) is 0 Å². The molecule has 0 rings (SSSR count). The van der Waals surface area contributed by atoms with Crippen LogP contribution in [0, 0.1) is 0 Å². The molecule has 0 aliphatic carbocycles. The molecular weight excluding hydrogens is 679 g/mol. The quantitative estimate of drug-likeness (QED) is 0.0362. The molecule has 0 aromatic carbocycles. The molecule has 0 bridgehead atoms. The van der Waals surface area contributed by atoms with Gasteiger partial charge in [0.15, 0.2) is 0 Å². The van der Waals surface area contributed by atoms with E-state index in [1.165, 1.54) is 89.9 Å². The van der Waals surface area contributed by atoms with Crippen LogP contribution in [0.3, 0.4) is 0 Å². The van der Waals surface area contributed by atoms with Crippen LogP contribution in [0.5, 0.6) is 0 Å². The number of esters is 2. The average molecular weight is 754 g/mol. The van der Waals surface area contributed by atoms with E-state index in [-0.39, 0.29) is 56.8 Å². The van der Waals surface area contributed by atoms with E-state index in [4.69, 9.17) is 9.47 Å². The molecule has 0 amide bonds. The first-order valence-electron chi connectivity index (χ1n) is 18.2. The van der Waals surface area contributed by atoms with Gasteiger partial charge in [-0.25, -0.2) is 0 Å². The Bertz CT molecular complexity index is 505. The zero-order valence-electron chi connectivity index (χ0n) is 29.6. The van der Waals surface area contributed by atoms with Crippen LogP contribution >= 0.6 is 25.3 Å². The van der Waals surface area contributed by atoms with E-state index >= 15 is 0 Å². The number of rotatable bonds is 28. The van der Waals surface area contributed by atoms with Gasteiger partial charge in [0.1, 0.15) is 12.2 Å². The fourth-order valence-corrected chi connectivity index (χ4v) is 8.29. The van der Waals surface area contributed by atoms with Crippen LogP contribution < -0.4 is 0 Å². The van der Waals surface area contributed by atoms with E-state index in [9.17, 15) is 9.59 Å². The molecule has 0 heterocycles. The van der Waals surface area contributed by atoms with Crippen LogP contribution in [0.4, 0.5) is 0 Å². The summed E-state index contributed by atoms with van der Waals surface area (Å²) < 4.78 is 13.7. The van der Waals surface area contributed by atoms with Crippen LogP contribution in [0.25, 0.3) is 0 Å². The molecule has 0 aromatic heterocycles. The minimum atomic E-state index is -0.202. The standard InChI is InChI=1S/2C10H20O2S.2C8H17.Sn/c2*1-3-5-6-7-9(4-2)12-10(11)8-13;2*1-3-5-7-8-6-4-2;/h2*9,13H,3-8H2,1-2H3;2*1,3-8H2,2H3;. The molecule has 0 aliphatic rings. The van der Waals surface area contributed by atoms with Crippen LogP contribution in [0.1, 0.15) is 183 Å². The summed E-state index contributed by atoms with van der Waals surface area (Å²) >= 11 is 7.80. The zero-order chi connectivity index (χ0) is 32.8. The van der Waals surface area contributed by atoms with Gasteiger partial charge in [-0.15, -0.1) is 0 Å². The van der Waals surface area contributed by atoms with E-state index in [2.05, 4.69) is 53.0 Å². The van der Waals surface area contributed by atoms with Crippen LogP contribution in [-0.2, 0) is 19.1 Å². The first kappa shape index (κ1) is 47.8. The molecule has 0 aromatic rings. The van der Waals surface area contributed by atoms with Gasteiger partial charge in [-0.2, -0.15) is 25.3 Å². The van der Waals surface area contributed by atoms with Gasteiger partial charge in [-0.05, 0) is 38.5 Å². The van der Waals surface area contributed by atoms with Crippen LogP contribution in [0.15, 0.2) is 0 Å². The van der Waals surface area contributed by atoms with Gasteiger partial charge in [0.2, 0.25) is 0 Å². The van der Waals surface area contributed by atoms with Gasteiger partial charge in [0, 0.05) is 0 Å². The van der Waals surface area contributed by atoms with Crippen molar-refractivity contribution in [1.29, 1.82) is 0 Å². The average Bonchev–Trinajstić information content (AvgIpc) is 3.02. The summed E-state index contributed by atoms with van der Waals surface area (Å²) in [7, 11) is 0. The van der Waals surface area contributed by atoms with Gasteiger partial charge >= 0.3 is 133 Å². The Balaban J connectivity index is -0.000000566. The van der Waals surface area contributed by atoms with Crippen LogP contribution in [0.2, 0.25) is 8.87 Å². The van der Waals surface area contributed by atoms with E-state index < -0.39 is 0 Å². The predicted molar refractivity (Wildman–Crippen MR) is 198 cm³/mol. The Morgan fingerprint density at radius 2 is 0.791 bits per heavy atom. The molecule has 2 unspecified atom stereocenters. The Hall–Kier alpha value is 0.439. The summed E-state index contributed by atoms with van der Waals surface area (Å²) in [5.41, 5.74) is 0. The maximum atomic E-state index is 10.9. The van der Waals surface area contributed by atoms with E-state index in [1.807, 2.05) is 13.8 Å². The first-order valence-corrected chi connectivity index (χ1v) is 23.5. The molecule has 0 saturated carbocycles. The van der Waals surface area contributed by atoms with Crippen molar-refractivity contribution in [3.8, 4) is 0 Å². The summed E-state index contributed by atoms with van der Waals surface area (Å²) in [4.78, 5) is 21.8. The van der Waals surface area contributed by atoms with E-state index in [0.29, 0.717) is 0 Å². The third-order valence-electron chi connectivity index (χ3n) is 7.44. The van der Waals surface area contributed by atoms with Crippen molar-refractivity contribution in [2.24, 2.45) is 0 Å². The number of hydrogen-bond acceptors (Lipinski definition) is 6. The Labute approximate surface area is 291 Å². The summed E-state index contributed by atoms with van der Waals surface area (Å²) in [5.74, 6) is -0.0347. The summed E-state index contributed by atoms with van der Waals surface area (Å²) in [6.07, 6.45) is 29.0. The molecule has 4 nitrogen and oxygen atoms in total. The summed E-state index contributed by atoms with van der Waals surface area (Å²) in [6, 6.07) is 0. The number of thiol groups is 2. The second-order valence-corrected chi connectivity index (χ2v) is 16.5. The molecule has 0 N–H and O–H groups in total. The summed E-state index contributed by atoms with van der Waals surface area (Å²) in [5, 5.41) is 0. The number of carbonyl (C=O) groups excluding carboxylic acids is 2. The molecule has 0 spiro atoms. The van der Waals surface area contributed by atoms with Crippen molar-refractivity contribution >= 4 is 58.3 Å². The number of unbranched alkanes of at least 4 members (excludes halogenated alkanes) is 14. The second-order valence-electron chi connectivity index (χ2n) is 11.6. The number of ether oxygens (including phenoxy) is 2. The van der Waals surface area contributed by atoms with Crippen molar-refractivity contribution in [3.05, 3.63) is 0 Å². The monoisotopic (exact) mass is 754 g/mol. The van der Waals surface area contributed by atoms with Gasteiger partial charge in [0.05, 0.1) is 11.5 Å². The van der Waals surface area contributed by atoms with Gasteiger partial charge in [-0.3, -0.25) is 9.59 Å². The van der Waals surface area contributed by atoms with Crippen molar-refractivity contribution in [3.63, 3.8) is 0 Å². The Morgan fingerprint density at radius 3 is 1.09 bits per heavy atom. The first-order chi connectivity index (χ1) is 20.9. The topological polar surface area (TPSA) is 52.6 Å². The normalized spacial score (nSPS) is 11.9. The van der Waals surface area contributed by atoms with E-state index in [0.717, 1.165) is 38.5 Å². The van der Waals surface area contributed by atoms with Crippen LogP contribution in [-0.4, -0.2) is 56.8 Å². The Morgan fingerprint density at radius 1 is 0.488 bits per heavy atom. The fourth-order valence-electron chi connectivity index (χ4n) is 4.57. The summed E-state index contributed by atoms with van der Waals surface area (Å²) in [6.45, 7) is 13.0. The SMILES string of the molecule is CCCCCC(CC)OC(=O)CS.CCCCCC(CC)OC(=O)CS.CCCCCCC[CH2][Sn][CH2]CCCCCCC. The third kappa shape index (κ3) is 42.4. The maximum absolute atomic E-state index is 10.9.